The molecule has 1 aliphatic heterocycles. The van der Waals surface area contributed by atoms with E-state index in [-0.39, 0.29) is 30.1 Å². The van der Waals surface area contributed by atoms with Crippen LogP contribution in [0.1, 0.15) is 24.8 Å². The number of aryl methyl sites for hydroxylation is 1. The maximum Gasteiger partial charge on any atom is 0.230 e. The minimum atomic E-state index is -0.177. The number of piperidine rings is 1. The van der Waals surface area contributed by atoms with Gasteiger partial charge in [0.15, 0.2) is 0 Å². The van der Waals surface area contributed by atoms with E-state index in [1.54, 1.807) is 17.2 Å². The first-order valence-corrected chi connectivity index (χ1v) is 7.31. The predicted molar refractivity (Wildman–Crippen MR) is 87.8 cm³/mol. The number of likely N-dealkylation sites (tertiary alicyclic amines) is 1. The van der Waals surface area contributed by atoms with Crippen LogP contribution in [0.4, 0.5) is 5.82 Å². The smallest absolute Gasteiger partial charge is 0.230 e. The number of aromatic nitrogens is 1. The van der Waals surface area contributed by atoms with Gasteiger partial charge in [0.25, 0.3) is 0 Å². The molecule has 22 heavy (non-hydrogen) atoms. The van der Waals surface area contributed by atoms with Gasteiger partial charge in [0.2, 0.25) is 11.8 Å². The van der Waals surface area contributed by atoms with Crippen molar-refractivity contribution >= 4 is 30.0 Å². The number of nitrogens with zero attached hydrogens (tertiary/aromatic N) is 2. The molecule has 0 saturated carbocycles. The Hall–Kier alpha value is -1.66. The predicted octanol–water partition coefficient (Wildman–Crippen LogP) is 1.34. The Kier molecular flexibility index (Phi) is 7.27. The maximum absolute atomic E-state index is 12.3. The molecule has 3 N–H and O–H groups in total. The second-order valence-corrected chi connectivity index (χ2v) is 5.43. The molecule has 1 unspecified atom stereocenters. The lowest BCUT2D eigenvalue weighted by Gasteiger charge is -2.32. The van der Waals surface area contributed by atoms with Crippen LogP contribution in [0.15, 0.2) is 18.3 Å². The number of nitrogens with two attached hydrogens (primary N) is 1. The summed E-state index contributed by atoms with van der Waals surface area (Å²) in [5.41, 5.74) is 6.46. The summed E-state index contributed by atoms with van der Waals surface area (Å²) in [4.78, 5) is 30.0. The first-order chi connectivity index (χ1) is 10.1. The third kappa shape index (κ3) is 4.96. The second-order valence-electron chi connectivity index (χ2n) is 5.43. The van der Waals surface area contributed by atoms with Gasteiger partial charge in [-0.2, -0.15) is 0 Å². The number of anilines is 1. The van der Waals surface area contributed by atoms with Crippen LogP contribution in [0.5, 0.6) is 0 Å². The van der Waals surface area contributed by atoms with Gasteiger partial charge in [0.05, 0.1) is 5.92 Å². The summed E-state index contributed by atoms with van der Waals surface area (Å²) in [5.74, 6) is 0.333. The highest BCUT2D eigenvalue weighted by atomic mass is 35.5. The van der Waals surface area contributed by atoms with Crippen molar-refractivity contribution in [1.29, 1.82) is 0 Å². The van der Waals surface area contributed by atoms with Gasteiger partial charge in [-0.15, -0.1) is 12.4 Å². The van der Waals surface area contributed by atoms with Gasteiger partial charge in [0, 0.05) is 32.3 Å². The minimum absolute atomic E-state index is 0. The second kappa shape index (κ2) is 8.70. The van der Waals surface area contributed by atoms with Crippen molar-refractivity contribution < 1.29 is 9.59 Å². The van der Waals surface area contributed by atoms with Crippen LogP contribution in [0.25, 0.3) is 0 Å². The number of pyridine rings is 1. The number of carbonyl (C=O) groups is 2. The quantitative estimate of drug-likeness (QED) is 0.874. The Balaban J connectivity index is 0.00000242. The largest absolute Gasteiger partial charge is 0.342 e. The van der Waals surface area contributed by atoms with Gasteiger partial charge < -0.3 is 16.0 Å². The third-order valence-corrected chi connectivity index (χ3v) is 3.67. The average molecular weight is 327 g/mol. The molecule has 1 aliphatic rings. The Labute approximate surface area is 136 Å². The van der Waals surface area contributed by atoms with E-state index in [1.165, 1.54) is 0 Å². The fraction of sp³-hybridized carbons (Fsp3) is 0.533. The summed E-state index contributed by atoms with van der Waals surface area (Å²) in [6, 6.07) is 3.69. The topological polar surface area (TPSA) is 88.3 Å². The molecule has 0 bridgehead atoms. The summed E-state index contributed by atoms with van der Waals surface area (Å²) in [6.45, 7) is 3.47. The van der Waals surface area contributed by atoms with Gasteiger partial charge in [-0.25, -0.2) is 4.98 Å². The van der Waals surface area contributed by atoms with Crippen LogP contribution in [0, 0.1) is 12.8 Å². The van der Waals surface area contributed by atoms with Crippen molar-refractivity contribution in [1.82, 2.24) is 9.88 Å². The summed E-state index contributed by atoms with van der Waals surface area (Å²) < 4.78 is 0. The van der Waals surface area contributed by atoms with Crippen LogP contribution < -0.4 is 11.1 Å². The van der Waals surface area contributed by atoms with E-state index in [2.05, 4.69) is 10.3 Å². The normalized spacial score (nSPS) is 17.5. The number of carbonyl (C=O) groups excluding carboxylic acids is 2. The lowest BCUT2D eigenvalue weighted by molar-refractivity contribution is -0.134. The molecule has 2 rings (SSSR count). The van der Waals surface area contributed by atoms with Crippen LogP contribution in [0.2, 0.25) is 0 Å². The highest BCUT2D eigenvalue weighted by Crippen LogP contribution is 2.19. The maximum atomic E-state index is 12.3. The molecule has 2 heterocycles. The van der Waals surface area contributed by atoms with Crippen LogP contribution in [-0.2, 0) is 9.59 Å². The Morgan fingerprint density at radius 3 is 2.86 bits per heavy atom. The highest BCUT2D eigenvalue weighted by Gasteiger charge is 2.28. The Bertz CT molecular complexity index is 507. The van der Waals surface area contributed by atoms with Crippen LogP contribution in [-0.4, -0.2) is 41.3 Å². The van der Waals surface area contributed by atoms with Gasteiger partial charge in [0.1, 0.15) is 5.82 Å². The van der Waals surface area contributed by atoms with Gasteiger partial charge in [-0.05, 0) is 31.4 Å². The lowest BCUT2D eigenvalue weighted by atomic mass is 9.97. The molecule has 1 atom stereocenters. The zero-order valence-corrected chi connectivity index (χ0v) is 13.6. The third-order valence-electron chi connectivity index (χ3n) is 3.67. The number of halogens is 1. The van der Waals surface area contributed by atoms with Crippen LogP contribution in [0.3, 0.4) is 0 Å². The molecule has 2 amide bonds. The Morgan fingerprint density at radius 1 is 1.45 bits per heavy atom. The fourth-order valence-electron chi connectivity index (χ4n) is 2.47. The molecule has 6 nitrogen and oxygen atoms in total. The van der Waals surface area contributed by atoms with E-state index in [4.69, 9.17) is 5.73 Å². The first-order valence-electron chi connectivity index (χ1n) is 7.31. The number of hydrogen-bond donors (Lipinski definition) is 2. The minimum Gasteiger partial charge on any atom is -0.342 e. The zero-order valence-electron chi connectivity index (χ0n) is 12.7. The Morgan fingerprint density at radius 2 is 2.23 bits per heavy atom. The molecule has 1 saturated heterocycles. The molecule has 7 heteroatoms. The van der Waals surface area contributed by atoms with Crippen molar-refractivity contribution in [3.8, 4) is 0 Å². The molecule has 0 spiro atoms. The van der Waals surface area contributed by atoms with E-state index in [1.807, 2.05) is 13.0 Å². The summed E-state index contributed by atoms with van der Waals surface area (Å²) >= 11 is 0. The number of nitrogens with one attached hydrogen (secondary N) is 1. The van der Waals surface area contributed by atoms with Crippen molar-refractivity contribution in [2.45, 2.75) is 26.2 Å². The van der Waals surface area contributed by atoms with Gasteiger partial charge in [-0.3, -0.25) is 9.59 Å². The number of hydrogen-bond acceptors (Lipinski definition) is 4. The van der Waals surface area contributed by atoms with Crippen molar-refractivity contribution in [2.75, 3.05) is 25.0 Å². The molecule has 122 valence electrons. The molecule has 0 aromatic carbocycles. The van der Waals surface area contributed by atoms with Crippen molar-refractivity contribution in [3.63, 3.8) is 0 Å². The lowest BCUT2D eigenvalue weighted by Crippen LogP contribution is -2.44. The molecule has 1 fully saturated rings. The summed E-state index contributed by atoms with van der Waals surface area (Å²) in [7, 11) is 0. The van der Waals surface area contributed by atoms with E-state index in [0.717, 1.165) is 18.4 Å². The van der Waals surface area contributed by atoms with Crippen molar-refractivity contribution in [3.05, 3.63) is 23.9 Å². The van der Waals surface area contributed by atoms with Crippen LogP contribution >= 0.6 is 12.4 Å². The molecular formula is C15H23ClN4O2. The van der Waals surface area contributed by atoms with E-state index >= 15 is 0 Å². The molecule has 1 aromatic heterocycles. The molecule has 0 aliphatic carbocycles. The standard InChI is InChI=1S/C15H22N4O2.ClH/c1-11-4-5-13(17-9-11)18-15(21)12-3-2-8-19(10-12)14(20)6-7-16;/h4-5,9,12H,2-3,6-8,10,16H2,1H3,(H,17,18,21);1H. The first kappa shape index (κ1) is 18.4. The average Bonchev–Trinajstić information content (AvgIpc) is 2.50. The highest BCUT2D eigenvalue weighted by molar-refractivity contribution is 5.92. The zero-order chi connectivity index (χ0) is 15.2. The fourth-order valence-corrected chi connectivity index (χ4v) is 2.47. The summed E-state index contributed by atoms with van der Waals surface area (Å²) in [5, 5.41) is 2.82. The van der Waals surface area contributed by atoms with Crippen molar-refractivity contribution in [2.24, 2.45) is 11.7 Å². The summed E-state index contributed by atoms with van der Waals surface area (Å²) in [6.07, 6.45) is 3.70. The number of rotatable bonds is 4. The van der Waals surface area contributed by atoms with E-state index in [9.17, 15) is 9.59 Å². The number of amides is 2. The van der Waals surface area contributed by atoms with Gasteiger partial charge >= 0.3 is 0 Å². The van der Waals surface area contributed by atoms with Gasteiger partial charge in [-0.1, -0.05) is 6.07 Å². The molecule has 1 aromatic rings. The molecule has 0 radical (unpaired) electrons. The van der Waals surface area contributed by atoms with E-state index < -0.39 is 0 Å². The molecular weight excluding hydrogens is 304 g/mol. The van der Waals surface area contributed by atoms with E-state index in [0.29, 0.717) is 31.9 Å². The SMILES string of the molecule is Cc1ccc(NC(=O)C2CCCN(C(=O)CCN)C2)nc1.Cl. The monoisotopic (exact) mass is 326 g/mol.